The summed E-state index contributed by atoms with van der Waals surface area (Å²) in [5.74, 6) is 0.337. The van der Waals surface area contributed by atoms with E-state index in [-0.39, 0.29) is 23.6 Å². The van der Waals surface area contributed by atoms with Crippen LogP contribution in [0.25, 0.3) is 22.5 Å². The van der Waals surface area contributed by atoms with Crippen LogP contribution in [-0.2, 0) is 16.0 Å². The Labute approximate surface area is 269 Å². The molecule has 1 heterocycles. The van der Waals surface area contributed by atoms with Crippen molar-refractivity contribution >= 4 is 23.4 Å². The topological polar surface area (TPSA) is 159 Å². The lowest BCUT2D eigenvalue weighted by molar-refractivity contribution is -0.130. The maximum atomic E-state index is 13.7. The number of nitrogens with zero attached hydrogens (tertiary/aromatic N) is 4. The zero-order chi connectivity index (χ0) is 32.5. The average Bonchev–Trinajstić information content (AvgIpc) is 3.64. The number of rotatable bonds is 12. The van der Waals surface area contributed by atoms with Crippen molar-refractivity contribution in [3.8, 4) is 22.5 Å². The Hall–Kier alpha value is -4.90. The molecule has 11 heteroatoms. The van der Waals surface area contributed by atoms with Gasteiger partial charge in [-0.25, -0.2) is 0 Å². The summed E-state index contributed by atoms with van der Waals surface area (Å²) in [5, 5.41) is 20.0. The molecule has 1 atom stereocenters. The summed E-state index contributed by atoms with van der Waals surface area (Å²) in [5.41, 5.74) is 10.5. The van der Waals surface area contributed by atoms with Gasteiger partial charge in [0.05, 0.1) is 0 Å². The Balaban J connectivity index is 1.33. The second kappa shape index (κ2) is 15.4. The fourth-order valence-corrected chi connectivity index (χ4v) is 6.03. The van der Waals surface area contributed by atoms with Crippen LogP contribution in [0.3, 0.4) is 0 Å². The minimum Gasteiger partial charge on any atom is -0.344 e. The molecule has 46 heavy (non-hydrogen) atoms. The Kier molecular flexibility index (Phi) is 10.9. The first kappa shape index (κ1) is 32.5. The van der Waals surface area contributed by atoms with E-state index in [1.807, 2.05) is 62.4 Å². The van der Waals surface area contributed by atoms with Gasteiger partial charge >= 0.3 is 0 Å². The van der Waals surface area contributed by atoms with Gasteiger partial charge in [-0.15, -0.1) is 10.2 Å². The van der Waals surface area contributed by atoms with Gasteiger partial charge in [-0.3, -0.25) is 14.4 Å². The van der Waals surface area contributed by atoms with Crippen LogP contribution in [0.1, 0.15) is 55.5 Å². The lowest BCUT2D eigenvalue weighted by Gasteiger charge is -2.28. The maximum absolute atomic E-state index is 13.7. The smallest absolute Gasteiger partial charge is 0.254 e. The van der Waals surface area contributed by atoms with Crippen LogP contribution in [-0.4, -0.2) is 68.9 Å². The third kappa shape index (κ3) is 7.84. The summed E-state index contributed by atoms with van der Waals surface area (Å²) in [4.78, 5) is 42.1. The molecule has 3 aromatic carbocycles. The summed E-state index contributed by atoms with van der Waals surface area (Å²) >= 11 is 0. The lowest BCUT2D eigenvalue weighted by atomic mass is 9.81. The number of H-pyrrole nitrogens is 1. The minimum absolute atomic E-state index is 0.00468. The van der Waals surface area contributed by atoms with E-state index in [4.69, 9.17) is 5.73 Å². The van der Waals surface area contributed by atoms with Crippen molar-refractivity contribution in [3.05, 3.63) is 83.9 Å². The molecule has 5 rings (SSSR count). The van der Waals surface area contributed by atoms with Crippen molar-refractivity contribution in [2.24, 2.45) is 17.6 Å². The summed E-state index contributed by atoms with van der Waals surface area (Å²) in [7, 11) is 0. The molecule has 0 saturated heterocycles. The number of anilines is 1. The van der Waals surface area contributed by atoms with Gasteiger partial charge < -0.3 is 21.3 Å². The number of aromatic nitrogens is 4. The Bertz CT molecular complexity index is 1590. The molecule has 4 aromatic rings. The molecule has 1 aliphatic carbocycles. The summed E-state index contributed by atoms with van der Waals surface area (Å²) in [6.45, 7) is 5.85. The van der Waals surface area contributed by atoms with Crippen molar-refractivity contribution in [3.63, 3.8) is 0 Å². The molecule has 0 aliphatic heterocycles. The molecule has 0 radical (unpaired) electrons. The number of benzene rings is 3. The molecule has 11 nitrogen and oxygen atoms in total. The predicted molar refractivity (Wildman–Crippen MR) is 178 cm³/mol. The van der Waals surface area contributed by atoms with E-state index in [1.165, 1.54) is 0 Å². The van der Waals surface area contributed by atoms with Crippen molar-refractivity contribution in [2.75, 3.05) is 25.0 Å². The molecule has 1 aromatic heterocycles. The fourth-order valence-electron chi connectivity index (χ4n) is 6.03. The molecule has 1 unspecified atom stereocenters. The molecule has 5 N–H and O–H groups in total. The monoisotopic (exact) mass is 622 g/mol. The van der Waals surface area contributed by atoms with Crippen LogP contribution in [0.15, 0.2) is 72.8 Å². The number of aromatic amines is 1. The summed E-state index contributed by atoms with van der Waals surface area (Å²) in [6.07, 6.45) is 3.66. The predicted octanol–water partition coefficient (Wildman–Crippen LogP) is 4.45. The molecule has 240 valence electrons. The van der Waals surface area contributed by atoms with E-state index in [9.17, 15) is 14.4 Å². The standard InChI is InChI=1S/C35H42N8O3/c1-3-43(4-2)35(46)30-8-6-5-7-29(30)25-13-9-23(10-14-25)21-31(38-33(44)27-15-11-24(22-36)12-16-27)34(45)37-28-19-17-26(18-20-28)32-39-41-42-40-32/h5-10,13-14,17-20,24,27,31H,3-4,11-12,15-16,21-22,36H2,1-2H3,(H,37,45)(H,38,44)(H,39,40,41,42). The maximum Gasteiger partial charge on any atom is 0.254 e. The van der Waals surface area contributed by atoms with Gasteiger partial charge in [0.15, 0.2) is 0 Å². The SMILES string of the molecule is CCN(CC)C(=O)c1ccccc1-c1ccc(CC(NC(=O)C2CCC(CN)CC2)C(=O)Nc2ccc(-c3nn[nH]n3)cc2)cc1. The number of carbonyl (C=O) groups is 3. The van der Waals surface area contributed by atoms with Crippen LogP contribution >= 0.6 is 0 Å². The van der Waals surface area contributed by atoms with Gasteiger partial charge in [-0.05, 0) is 104 Å². The summed E-state index contributed by atoms with van der Waals surface area (Å²) in [6, 6.07) is 21.8. The van der Waals surface area contributed by atoms with Crippen LogP contribution in [0.4, 0.5) is 5.69 Å². The van der Waals surface area contributed by atoms with E-state index >= 15 is 0 Å². The lowest BCUT2D eigenvalue weighted by Crippen LogP contribution is -2.48. The fraction of sp³-hybridized carbons (Fsp3) is 0.371. The Morgan fingerprint density at radius 2 is 1.59 bits per heavy atom. The van der Waals surface area contributed by atoms with Gasteiger partial charge in [0.25, 0.3) is 5.91 Å². The number of amides is 3. The molecular formula is C35H42N8O3. The summed E-state index contributed by atoms with van der Waals surface area (Å²) < 4.78 is 0. The number of carbonyl (C=O) groups excluding carboxylic acids is 3. The van der Waals surface area contributed by atoms with E-state index in [1.54, 1.807) is 29.2 Å². The second-order valence-electron chi connectivity index (χ2n) is 11.7. The molecule has 1 aliphatic rings. The van der Waals surface area contributed by atoms with Crippen LogP contribution in [0.2, 0.25) is 0 Å². The van der Waals surface area contributed by atoms with Crippen molar-refractivity contribution < 1.29 is 14.4 Å². The van der Waals surface area contributed by atoms with E-state index in [0.29, 0.717) is 49.0 Å². The highest BCUT2D eigenvalue weighted by molar-refractivity contribution is 6.01. The number of tetrazole rings is 1. The quantitative estimate of drug-likeness (QED) is 0.182. The highest BCUT2D eigenvalue weighted by Crippen LogP contribution is 2.29. The molecule has 0 bridgehead atoms. The van der Waals surface area contributed by atoms with Gasteiger partial charge in [0.1, 0.15) is 6.04 Å². The van der Waals surface area contributed by atoms with Crippen LogP contribution in [0.5, 0.6) is 0 Å². The van der Waals surface area contributed by atoms with Gasteiger partial charge in [-0.2, -0.15) is 5.21 Å². The third-order valence-corrected chi connectivity index (χ3v) is 8.85. The number of hydrogen-bond donors (Lipinski definition) is 4. The first-order chi connectivity index (χ1) is 22.4. The molecule has 3 amide bonds. The first-order valence-electron chi connectivity index (χ1n) is 16.0. The first-order valence-corrected chi connectivity index (χ1v) is 16.0. The number of hydrogen-bond acceptors (Lipinski definition) is 7. The van der Waals surface area contributed by atoms with E-state index in [0.717, 1.165) is 47.9 Å². The second-order valence-corrected chi connectivity index (χ2v) is 11.7. The average molecular weight is 623 g/mol. The highest BCUT2D eigenvalue weighted by atomic mass is 16.2. The van der Waals surface area contributed by atoms with Crippen molar-refractivity contribution in [1.82, 2.24) is 30.8 Å². The largest absolute Gasteiger partial charge is 0.344 e. The number of nitrogens with two attached hydrogens (primary N) is 1. The van der Waals surface area contributed by atoms with E-state index < -0.39 is 6.04 Å². The molecule has 0 spiro atoms. The Morgan fingerprint density at radius 3 is 2.22 bits per heavy atom. The molecule has 1 fully saturated rings. The third-order valence-electron chi connectivity index (χ3n) is 8.85. The normalized spacial score (nSPS) is 16.8. The van der Waals surface area contributed by atoms with Crippen LogP contribution < -0.4 is 16.4 Å². The minimum atomic E-state index is -0.793. The van der Waals surface area contributed by atoms with Crippen molar-refractivity contribution in [1.29, 1.82) is 0 Å². The van der Waals surface area contributed by atoms with Crippen molar-refractivity contribution in [2.45, 2.75) is 52.0 Å². The highest BCUT2D eigenvalue weighted by Gasteiger charge is 2.29. The molecule has 1 saturated carbocycles. The van der Waals surface area contributed by atoms with Gasteiger partial charge in [-0.1, -0.05) is 42.5 Å². The molecular weight excluding hydrogens is 580 g/mol. The van der Waals surface area contributed by atoms with Crippen LogP contribution in [0, 0.1) is 11.8 Å². The van der Waals surface area contributed by atoms with Gasteiger partial charge in [0, 0.05) is 42.2 Å². The zero-order valence-corrected chi connectivity index (χ0v) is 26.4. The zero-order valence-electron chi connectivity index (χ0n) is 26.4. The Morgan fingerprint density at radius 1 is 0.913 bits per heavy atom. The van der Waals surface area contributed by atoms with E-state index in [2.05, 4.69) is 31.3 Å². The van der Waals surface area contributed by atoms with Gasteiger partial charge in [0.2, 0.25) is 17.6 Å². The number of nitrogens with one attached hydrogen (secondary N) is 3.